The van der Waals surface area contributed by atoms with E-state index in [1.165, 1.54) is 12.8 Å². The van der Waals surface area contributed by atoms with E-state index in [-0.39, 0.29) is 17.8 Å². The quantitative estimate of drug-likeness (QED) is 0.776. The van der Waals surface area contributed by atoms with E-state index in [1.807, 2.05) is 12.1 Å². The van der Waals surface area contributed by atoms with E-state index < -0.39 is 0 Å². The molecule has 2 unspecified atom stereocenters. The minimum atomic E-state index is 0.0758. The first kappa shape index (κ1) is 17.4. The number of benzene rings is 1. The van der Waals surface area contributed by atoms with Crippen molar-refractivity contribution in [1.29, 1.82) is 0 Å². The van der Waals surface area contributed by atoms with E-state index in [1.54, 1.807) is 19.2 Å². The number of likely N-dealkylation sites (tertiary alicyclic amines) is 1. The van der Waals surface area contributed by atoms with Crippen LogP contribution in [-0.4, -0.2) is 74.0 Å². The number of ether oxygens (including phenoxy) is 3. The summed E-state index contributed by atoms with van der Waals surface area (Å²) in [4.78, 5) is 2.24. The number of anilines is 1. The molecule has 3 aliphatic rings. The minimum Gasteiger partial charge on any atom is -0.486 e. The maximum atomic E-state index is 6.18. The van der Waals surface area contributed by atoms with Gasteiger partial charge >= 0.3 is 0 Å². The van der Waals surface area contributed by atoms with Crippen LogP contribution in [-0.2, 0) is 9.47 Å². The van der Waals surface area contributed by atoms with Crippen molar-refractivity contribution in [3.8, 4) is 5.75 Å². The third-order valence-electron chi connectivity index (χ3n) is 5.14. The van der Waals surface area contributed by atoms with Crippen LogP contribution in [0.4, 0.5) is 5.69 Å². The highest BCUT2D eigenvalue weighted by Gasteiger charge is 2.47. The molecule has 2 heterocycles. The van der Waals surface area contributed by atoms with Crippen LogP contribution in [0.1, 0.15) is 12.8 Å². The van der Waals surface area contributed by atoms with Crippen molar-refractivity contribution in [3.05, 3.63) is 24.3 Å². The van der Waals surface area contributed by atoms with Gasteiger partial charge in [0.05, 0.1) is 12.2 Å². The Balaban J connectivity index is 1.32. The maximum Gasteiger partial charge on any atom is 0.139 e. The third kappa shape index (κ3) is 4.23. The second-order valence-electron chi connectivity index (χ2n) is 7.27. The molecular formula is C18H27N3O3S. The van der Waals surface area contributed by atoms with E-state index in [2.05, 4.69) is 33.1 Å². The third-order valence-corrected chi connectivity index (χ3v) is 6.03. The Morgan fingerprint density at radius 2 is 2.12 bits per heavy atom. The number of hydrogen-bond donors (Lipinski definition) is 1. The minimum absolute atomic E-state index is 0.0758. The number of rotatable bonds is 6. The molecule has 6 nitrogen and oxygen atoms in total. The summed E-state index contributed by atoms with van der Waals surface area (Å²) in [6.07, 6.45) is 2.60. The first-order valence-corrected chi connectivity index (χ1v) is 9.73. The van der Waals surface area contributed by atoms with Crippen LogP contribution in [0.15, 0.2) is 24.3 Å². The topological polar surface area (TPSA) is 46.2 Å². The van der Waals surface area contributed by atoms with Gasteiger partial charge in [0.15, 0.2) is 0 Å². The van der Waals surface area contributed by atoms with Crippen LogP contribution in [0.5, 0.6) is 5.75 Å². The molecular weight excluding hydrogens is 338 g/mol. The van der Waals surface area contributed by atoms with Gasteiger partial charge in [-0.2, -0.15) is 0 Å². The van der Waals surface area contributed by atoms with Gasteiger partial charge in [-0.3, -0.25) is 4.90 Å². The molecule has 1 aromatic carbocycles. The van der Waals surface area contributed by atoms with Gasteiger partial charge in [-0.15, -0.1) is 0 Å². The fraction of sp³-hybridized carbons (Fsp3) is 0.667. The first-order chi connectivity index (χ1) is 12.2. The van der Waals surface area contributed by atoms with E-state index in [9.17, 15) is 0 Å². The molecule has 25 heavy (non-hydrogen) atoms. The van der Waals surface area contributed by atoms with Gasteiger partial charge in [-0.25, -0.2) is 4.31 Å². The largest absolute Gasteiger partial charge is 0.486 e. The van der Waals surface area contributed by atoms with Crippen LogP contribution in [0.25, 0.3) is 0 Å². The molecule has 0 bridgehead atoms. The Kier molecular flexibility index (Phi) is 5.11. The summed E-state index contributed by atoms with van der Waals surface area (Å²) in [5, 5.41) is 0. The Labute approximate surface area is 154 Å². The summed E-state index contributed by atoms with van der Waals surface area (Å²) in [6.45, 7) is 4.59. The molecule has 1 N–H and O–H groups in total. The summed E-state index contributed by atoms with van der Waals surface area (Å²) in [7, 11) is 3.85. The molecule has 7 heteroatoms. The standard InChI is InChI=1S/C18H27N3O3S/c1-20-11-16(22-2)17(12-20)24-15-5-3-4-14(10-15)19-25-21-8-9-23-18(13-21)6-7-18/h3-5,10,16-17,19H,6-9,11-13H2,1-2H3. The highest BCUT2D eigenvalue weighted by molar-refractivity contribution is 7.98. The maximum absolute atomic E-state index is 6.18. The zero-order valence-electron chi connectivity index (χ0n) is 14.9. The van der Waals surface area contributed by atoms with Crippen molar-refractivity contribution in [2.24, 2.45) is 0 Å². The molecule has 2 atom stereocenters. The van der Waals surface area contributed by atoms with E-state index in [0.29, 0.717) is 0 Å². The van der Waals surface area contributed by atoms with Crippen molar-refractivity contribution in [3.63, 3.8) is 0 Å². The second kappa shape index (κ2) is 7.32. The summed E-state index contributed by atoms with van der Waals surface area (Å²) < 4.78 is 23.4. The molecule has 0 amide bonds. The normalized spacial score (nSPS) is 29.0. The lowest BCUT2D eigenvalue weighted by Crippen LogP contribution is -2.40. The molecule has 1 aliphatic carbocycles. The lowest BCUT2D eigenvalue weighted by molar-refractivity contribution is -0.0171. The molecule has 4 rings (SSSR count). The van der Waals surface area contributed by atoms with Crippen LogP contribution in [0.2, 0.25) is 0 Å². The number of likely N-dealkylation sites (N-methyl/N-ethyl adjacent to an activating group) is 1. The predicted molar refractivity (Wildman–Crippen MR) is 99.9 cm³/mol. The molecule has 1 saturated carbocycles. The smallest absolute Gasteiger partial charge is 0.139 e. The number of nitrogens with one attached hydrogen (secondary N) is 1. The Bertz CT molecular complexity index is 599. The monoisotopic (exact) mass is 365 g/mol. The van der Waals surface area contributed by atoms with Crippen molar-refractivity contribution in [2.75, 3.05) is 51.7 Å². The Hall–Kier alpha value is -0.990. The SMILES string of the molecule is COC1CN(C)CC1Oc1cccc(NSN2CCOC3(CC3)C2)c1. The zero-order chi connectivity index (χ0) is 17.3. The van der Waals surface area contributed by atoms with E-state index in [4.69, 9.17) is 14.2 Å². The van der Waals surface area contributed by atoms with Crippen molar-refractivity contribution < 1.29 is 14.2 Å². The summed E-state index contributed by atoms with van der Waals surface area (Å²) in [5.74, 6) is 0.883. The molecule has 1 aromatic rings. The molecule has 0 aromatic heterocycles. The number of hydrogen-bond acceptors (Lipinski definition) is 7. The van der Waals surface area contributed by atoms with Gasteiger partial charge in [-0.1, -0.05) is 6.07 Å². The van der Waals surface area contributed by atoms with Crippen LogP contribution < -0.4 is 9.46 Å². The van der Waals surface area contributed by atoms with Crippen LogP contribution in [0.3, 0.4) is 0 Å². The van der Waals surface area contributed by atoms with Gasteiger partial charge in [0.2, 0.25) is 0 Å². The van der Waals surface area contributed by atoms with Crippen molar-refractivity contribution >= 4 is 17.8 Å². The zero-order valence-corrected chi connectivity index (χ0v) is 15.8. The fourth-order valence-corrected chi connectivity index (χ4v) is 4.35. The predicted octanol–water partition coefficient (Wildman–Crippen LogP) is 2.23. The van der Waals surface area contributed by atoms with E-state index in [0.717, 1.165) is 44.2 Å². The van der Waals surface area contributed by atoms with E-state index >= 15 is 0 Å². The molecule has 2 aliphatic heterocycles. The summed E-state index contributed by atoms with van der Waals surface area (Å²) in [6, 6.07) is 8.17. The summed E-state index contributed by atoms with van der Waals surface area (Å²) in [5.41, 5.74) is 1.21. The lowest BCUT2D eigenvalue weighted by atomic mass is 10.2. The average molecular weight is 365 g/mol. The van der Waals surface area contributed by atoms with Crippen LogP contribution >= 0.6 is 12.1 Å². The Morgan fingerprint density at radius 3 is 2.92 bits per heavy atom. The van der Waals surface area contributed by atoms with Gasteiger partial charge in [0, 0.05) is 57.2 Å². The first-order valence-electron chi connectivity index (χ1n) is 8.96. The van der Waals surface area contributed by atoms with Crippen molar-refractivity contribution in [1.82, 2.24) is 9.21 Å². The molecule has 138 valence electrons. The van der Waals surface area contributed by atoms with Crippen molar-refractivity contribution in [2.45, 2.75) is 30.7 Å². The van der Waals surface area contributed by atoms with Gasteiger partial charge < -0.3 is 18.9 Å². The average Bonchev–Trinajstić information content (AvgIpc) is 3.25. The molecule has 2 saturated heterocycles. The van der Waals surface area contributed by atoms with Gasteiger partial charge in [-0.05, 0) is 32.0 Å². The fourth-order valence-electron chi connectivity index (χ4n) is 3.52. The highest BCUT2D eigenvalue weighted by atomic mass is 32.2. The number of methoxy groups -OCH3 is 1. The summed E-state index contributed by atoms with van der Waals surface area (Å²) >= 11 is 1.66. The lowest BCUT2D eigenvalue weighted by Gasteiger charge is -2.31. The second-order valence-corrected chi connectivity index (χ2v) is 8.17. The van der Waals surface area contributed by atoms with Gasteiger partial charge in [0.25, 0.3) is 0 Å². The molecule has 0 radical (unpaired) electrons. The molecule has 3 fully saturated rings. The highest BCUT2D eigenvalue weighted by Crippen LogP contribution is 2.43. The number of nitrogens with zero attached hydrogens (tertiary/aromatic N) is 2. The Morgan fingerprint density at radius 1 is 1.28 bits per heavy atom. The van der Waals surface area contributed by atoms with Gasteiger partial charge in [0.1, 0.15) is 18.0 Å². The molecule has 1 spiro atoms. The van der Waals surface area contributed by atoms with Crippen LogP contribution in [0, 0.1) is 0 Å². The number of morpholine rings is 1.